The largest absolute Gasteiger partial charge is 0.340 e. The van der Waals surface area contributed by atoms with Gasteiger partial charge < -0.3 is 4.52 Å². The Bertz CT molecular complexity index is 903. The lowest BCUT2D eigenvalue weighted by atomic mass is 10.2. The second kappa shape index (κ2) is 6.17. The minimum absolute atomic E-state index is 0.169. The molecule has 24 heavy (non-hydrogen) atoms. The minimum Gasteiger partial charge on any atom is -0.340 e. The van der Waals surface area contributed by atoms with E-state index in [9.17, 15) is 8.42 Å². The predicted octanol–water partition coefficient (Wildman–Crippen LogP) is 1.49. The molecule has 1 atom stereocenters. The van der Waals surface area contributed by atoms with Crippen LogP contribution in [0.2, 0.25) is 0 Å². The summed E-state index contributed by atoms with van der Waals surface area (Å²) in [5.74, 6) is 0.588. The molecule has 0 radical (unpaired) electrons. The van der Waals surface area contributed by atoms with Crippen molar-refractivity contribution in [2.45, 2.75) is 24.8 Å². The van der Waals surface area contributed by atoms with Crippen LogP contribution in [0.3, 0.4) is 0 Å². The average Bonchev–Trinajstić information content (AvgIpc) is 3.14. The average molecular weight is 347 g/mol. The van der Waals surface area contributed by atoms with Gasteiger partial charge in [0.05, 0.1) is 11.1 Å². The van der Waals surface area contributed by atoms with Crippen LogP contribution in [0.15, 0.2) is 46.1 Å². The fraction of sp³-hybridized carbons (Fsp3) is 0.267. The molecule has 1 aromatic carbocycles. The molecule has 1 N–H and O–H groups in total. The Morgan fingerprint density at radius 2 is 1.92 bits per heavy atom. The van der Waals surface area contributed by atoms with E-state index < -0.39 is 16.1 Å². The molecule has 0 bridgehead atoms. The lowest BCUT2D eigenvalue weighted by Crippen LogP contribution is -2.30. The smallest absolute Gasteiger partial charge is 0.241 e. The molecule has 0 aliphatic carbocycles. The molecule has 2 heterocycles. The van der Waals surface area contributed by atoms with Crippen molar-refractivity contribution in [1.29, 1.82) is 0 Å². The molecule has 0 aliphatic heterocycles. The van der Waals surface area contributed by atoms with Crippen molar-refractivity contribution >= 4 is 10.0 Å². The SMILES string of the molecule is Cc1ccc(S(=O)(=O)N[C@H](c2cnn(C)c2)c2noc(C)n2)cc1. The van der Waals surface area contributed by atoms with Crippen LogP contribution in [-0.4, -0.2) is 28.3 Å². The Hall–Kier alpha value is -2.52. The molecule has 126 valence electrons. The van der Waals surface area contributed by atoms with Crippen molar-refractivity contribution in [3.63, 3.8) is 0 Å². The number of benzene rings is 1. The van der Waals surface area contributed by atoms with Crippen molar-refractivity contribution < 1.29 is 12.9 Å². The van der Waals surface area contributed by atoms with Gasteiger partial charge in [-0.2, -0.15) is 14.8 Å². The number of aryl methyl sites for hydroxylation is 3. The first-order chi connectivity index (χ1) is 11.3. The van der Waals surface area contributed by atoms with Crippen molar-refractivity contribution in [2.75, 3.05) is 0 Å². The van der Waals surface area contributed by atoms with Gasteiger partial charge in [0.15, 0.2) is 5.82 Å². The molecule has 0 amide bonds. The second-order valence-corrected chi connectivity index (χ2v) is 7.20. The Morgan fingerprint density at radius 1 is 1.21 bits per heavy atom. The van der Waals surface area contributed by atoms with Crippen LogP contribution in [0.4, 0.5) is 0 Å². The fourth-order valence-corrected chi connectivity index (χ4v) is 3.41. The van der Waals surface area contributed by atoms with Crippen molar-refractivity contribution in [2.24, 2.45) is 7.05 Å². The minimum atomic E-state index is -3.76. The number of hydrogen-bond acceptors (Lipinski definition) is 6. The number of aromatic nitrogens is 4. The number of nitrogens with one attached hydrogen (secondary N) is 1. The topological polar surface area (TPSA) is 103 Å². The van der Waals surface area contributed by atoms with Crippen LogP contribution in [0.5, 0.6) is 0 Å². The highest BCUT2D eigenvalue weighted by Crippen LogP contribution is 2.22. The number of hydrogen-bond donors (Lipinski definition) is 1. The van der Waals surface area contributed by atoms with E-state index in [1.807, 2.05) is 6.92 Å². The molecular weight excluding hydrogens is 330 g/mol. The fourth-order valence-electron chi connectivity index (χ4n) is 2.23. The van der Waals surface area contributed by atoms with E-state index in [1.54, 1.807) is 55.3 Å². The van der Waals surface area contributed by atoms with Gasteiger partial charge in [0.1, 0.15) is 6.04 Å². The predicted molar refractivity (Wildman–Crippen MR) is 85.6 cm³/mol. The van der Waals surface area contributed by atoms with Crippen molar-refractivity contribution in [3.05, 3.63) is 59.5 Å². The molecule has 9 heteroatoms. The van der Waals surface area contributed by atoms with Crippen molar-refractivity contribution in [1.82, 2.24) is 24.6 Å². The van der Waals surface area contributed by atoms with Gasteiger partial charge in [0.25, 0.3) is 0 Å². The highest BCUT2D eigenvalue weighted by molar-refractivity contribution is 7.89. The van der Waals surface area contributed by atoms with E-state index >= 15 is 0 Å². The molecule has 0 aliphatic rings. The lowest BCUT2D eigenvalue weighted by molar-refractivity contribution is 0.384. The first-order valence-electron chi connectivity index (χ1n) is 7.23. The van der Waals surface area contributed by atoms with Gasteiger partial charge in [-0.3, -0.25) is 4.68 Å². The highest BCUT2D eigenvalue weighted by Gasteiger charge is 2.27. The van der Waals surface area contributed by atoms with E-state index in [2.05, 4.69) is 20.0 Å². The summed E-state index contributed by atoms with van der Waals surface area (Å²) >= 11 is 0. The summed E-state index contributed by atoms with van der Waals surface area (Å²) in [4.78, 5) is 4.32. The first kappa shape index (κ1) is 16.3. The summed E-state index contributed by atoms with van der Waals surface area (Å²) < 4.78 is 34.6. The summed E-state index contributed by atoms with van der Waals surface area (Å²) in [5, 5.41) is 7.92. The molecule has 8 nitrogen and oxygen atoms in total. The highest BCUT2D eigenvalue weighted by atomic mass is 32.2. The summed E-state index contributed by atoms with van der Waals surface area (Å²) in [5.41, 5.74) is 1.60. The molecule has 0 saturated carbocycles. The van der Waals surface area contributed by atoms with E-state index in [0.717, 1.165) is 5.56 Å². The van der Waals surface area contributed by atoms with Crippen LogP contribution in [0.25, 0.3) is 0 Å². The van der Waals surface area contributed by atoms with Crippen LogP contribution < -0.4 is 4.72 Å². The monoisotopic (exact) mass is 347 g/mol. The van der Waals surface area contributed by atoms with Gasteiger partial charge in [0.2, 0.25) is 15.9 Å². The zero-order valence-corrected chi connectivity index (χ0v) is 14.3. The van der Waals surface area contributed by atoms with Crippen LogP contribution in [-0.2, 0) is 17.1 Å². The van der Waals surface area contributed by atoms with Crippen LogP contribution >= 0.6 is 0 Å². The van der Waals surface area contributed by atoms with Gasteiger partial charge in [-0.1, -0.05) is 22.9 Å². The standard InChI is InChI=1S/C15H17N5O3S/c1-10-4-6-13(7-5-10)24(21,22)19-14(12-8-16-20(3)9-12)15-17-11(2)23-18-15/h4-9,14,19H,1-3H3/t14-/m1/s1. The van der Waals surface area contributed by atoms with E-state index in [0.29, 0.717) is 11.5 Å². The Morgan fingerprint density at radius 3 is 2.46 bits per heavy atom. The normalized spacial score (nSPS) is 13.1. The van der Waals surface area contributed by atoms with Crippen molar-refractivity contribution in [3.8, 4) is 0 Å². The number of rotatable bonds is 5. The Kier molecular flexibility index (Phi) is 4.20. The van der Waals surface area contributed by atoms with Gasteiger partial charge in [-0.25, -0.2) is 8.42 Å². The third-order valence-electron chi connectivity index (χ3n) is 3.46. The van der Waals surface area contributed by atoms with E-state index in [4.69, 9.17) is 4.52 Å². The number of nitrogens with zero attached hydrogens (tertiary/aromatic N) is 4. The van der Waals surface area contributed by atoms with Gasteiger partial charge in [0, 0.05) is 25.7 Å². The summed E-state index contributed by atoms with van der Waals surface area (Å²) in [6, 6.07) is 5.81. The van der Waals surface area contributed by atoms with Gasteiger partial charge in [-0.15, -0.1) is 0 Å². The molecule has 3 rings (SSSR count). The maximum Gasteiger partial charge on any atom is 0.241 e. The maximum absolute atomic E-state index is 12.7. The molecule has 0 unspecified atom stereocenters. The van der Waals surface area contributed by atoms with Gasteiger partial charge >= 0.3 is 0 Å². The second-order valence-electron chi connectivity index (χ2n) is 5.49. The molecule has 0 spiro atoms. The van der Waals surface area contributed by atoms with E-state index in [1.165, 1.54) is 0 Å². The van der Waals surface area contributed by atoms with E-state index in [-0.39, 0.29) is 10.7 Å². The zero-order chi connectivity index (χ0) is 17.3. The molecule has 2 aromatic heterocycles. The molecule has 3 aromatic rings. The van der Waals surface area contributed by atoms with Crippen LogP contribution in [0, 0.1) is 13.8 Å². The maximum atomic E-state index is 12.7. The molecule has 0 fully saturated rings. The summed E-state index contributed by atoms with van der Waals surface area (Å²) in [7, 11) is -2.02. The summed E-state index contributed by atoms with van der Waals surface area (Å²) in [6.07, 6.45) is 3.27. The first-order valence-corrected chi connectivity index (χ1v) is 8.71. The quantitative estimate of drug-likeness (QED) is 0.750. The molecular formula is C15H17N5O3S. The van der Waals surface area contributed by atoms with Gasteiger partial charge in [-0.05, 0) is 19.1 Å². The Balaban J connectivity index is 1.98. The Labute approximate surface area is 139 Å². The molecule has 0 saturated heterocycles. The van der Waals surface area contributed by atoms with Crippen LogP contribution in [0.1, 0.15) is 28.9 Å². The third-order valence-corrected chi connectivity index (χ3v) is 4.90. The summed E-state index contributed by atoms with van der Waals surface area (Å²) in [6.45, 7) is 3.54. The number of sulfonamides is 1. The third kappa shape index (κ3) is 3.36. The zero-order valence-electron chi connectivity index (χ0n) is 13.5. The lowest BCUT2D eigenvalue weighted by Gasteiger charge is -2.14.